The Kier molecular flexibility index (Phi) is 7.77. The number of amides is 1. The molecule has 0 aliphatic carbocycles. The van der Waals surface area contributed by atoms with Gasteiger partial charge >= 0.3 is 0 Å². The van der Waals surface area contributed by atoms with Crippen LogP contribution in [0.25, 0.3) is 0 Å². The van der Waals surface area contributed by atoms with Gasteiger partial charge in [-0.25, -0.2) is 8.42 Å². The quantitative estimate of drug-likeness (QED) is 0.437. The van der Waals surface area contributed by atoms with Crippen molar-refractivity contribution < 1.29 is 17.9 Å². The zero-order chi connectivity index (χ0) is 23.1. The maximum atomic E-state index is 12.6. The van der Waals surface area contributed by atoms with Gasteiger partial charge in [0.1, 0.15) is 5.75 Å². The molecule has 0 aliphatic heterocycles. The molecule has 0 bridgehead atoms. The van der Waals surface area contributed by atoms with Crippen LogP contribution in [0.5, 0.6) is 5.75 Å². The van der Waals surface area contributed by atoms with Crippen LogP contribution in [0, 0.1) is 6.92 Å². The average molecular weight is 473 g/mol. The average Bonchev–Trinajstić information content (AvgIpc) is 2.78. The van der Waals surface area contributed by atoms with Gasteiger partial charge in [0.2, 0.25) is 0 Å². The van der Waals surface area contributed by atoms with E-state index in [-0.39, 0.29) is 27.1 Å². The van der Waals surface area contributed by atoms with Gasteiger partial charge in [0, 0.05) is 12.2 Å². The number of carbonyl (C=O) groups excluding carboxylic acids is 1. The highest BCUT2D eigenvalue weighted by Crippen LogP contribution is 2.23. The molecule has 0 radical (unpaired) electrons. The van der Waals surface area contributed by atoms with Crippen LogP contribution in [0.3, 0.4) is 0 Å². The number of carbonyl (C=O) groups is 1. The van der Waals surface area contributed by atoms with Gasteiger partial charge in [0.25, 0.3) is 15.9 Å². The van der Waals surface area contributed by atoms with Crippen molar-refractivity contribution >= 4 is 33.2 Å². The van der Waals surface area contributed by atoms with Gasteiger partial charge in [0.05, 0.1) is 22.6 Å². The lowest BCUT2D eigenvalue weighted by Crippen LogP contribution is -2.25. The van der Waals surface area contributed by atoms with Crippen LogP contribution in [-0.2, 0) is 16.4 Å². The Morgan fingerprint density at radius 2 is 1.75 bits per heavy atom. The number of aryl methyl sites for hydroxylation is 2. The Morgan fingerprint density at radius 1 is 1.03 bits per heavy atom. The van der Waals surface area contributed by atoms with Crippen LogP contribution >= 0.6 is 11.6 Å². The maximum Gasteiger partial charge on any atom is 0.261 e. The van der Waals surface area contributed by atoms with Crippen LogP contribution in [0.2, 0.25) is 5.02 Å². The number of benzene rings is 3. The number of rotatable bonds is 9. The van der Waals surface area contributed by atoms with Crippen molar-refractivity contribution in [2.24, 2.45) is 0 Å². The predicted octanol–water partition coefficient (Wildman–Crippen LogP) is 4.82. The van der Waals surface area contributed by atoms with Crippen LogP contribution in [0.15, 0.2) is 71.6 Å². The molecular weight excluding hydrogens is 448 g/mol. The molecule has 3 aromatic carbocycles. The van der Waals surface area contributed by atoms with Crippen molar-refractivity contribution in [1.29, 1.82) is 0 Å². The highest BCUT2D eigenvalue weighted by atomic mass is 35.5. The van der Waals surface area contributed by atoms with Crippen LogP contribution in [0.4, 0.5) is 5.69 Å². The second-order valence-electron chi connectivity index (χ2n) is 7.28. The molecule has 168 valence electrons. The molecule has 6 nitrogen and oxygen atoms in total. The van der Waals surface area contributed by atoms with Crippen molar-refractivity contribution in [3.8, 4) is 5.75 Å². The fourth-order valence-corrected chi connectivity index (χ4v) is 4.43. The van der Waals surface area contributed by atoms with E-state index >= 15 is 0 Å². The van der Waals surface area contributed by atoms with E-state index in [1.54, 1.807) is 19.2 Å². The molecule has 2 N–H and O–H groups in total. The second-order valence-corrected chi connectivity index (χ2v) is 9.37. The van der Waals surface area contributed by atoms with Gasteiger partial charge in [-0.1, -0.05) is 47.5 Å². The zero-order valence-electron chi connectivity index (χ0n) is 17.9. The summed E-state index contributed by atoms with van der Waals surface area (Å²) in [5.74, 6) is 0.446. The third kappa shape index (κ3) is 6.02. The van der Waals surface area contributed by atoms with Crippen molar-refractivity contribution in [3.63, 3.8) is 0 Å². The number of para-hydroxylation sites is 1. The molecule has 0 aliphatic rings. The first-order valence-electron chi connectivity index (χ1n) is 10.1. The smallest absolute Gasteiger partial charge is 0.261 e. The lowest BCUT2D eigenvalue weighted by molar-refractivity contribution is 0.0953. The second kappa shape index (κ2) is 10.5. The monoisotopic (exact) mass is 472 g/mol. The number of methoxy groups -OCH3 is 1. The molecule has 0 atom stereocenters. The molecule has 1 amide bonds. The number of hydrogen-bond donors (Lipinski definition) is 2. The van der Waals surface area contributed by atoms with E-state index < -0.39 is 10.0 Å². The third-order valence-corrected chi connectivity index (χ3v) is 6.62. The molecule has 0 saturated carbocycles. The summed E-state index contributed by atoms with van der Waals surface area (Å²) >= 11 is 6.19. The van der Waals surface area contributed by atoms with Crippen molar-refractivity contribution in [2.45, 2.75) is 24.7 Å². The van der Waals surface area contributed by atoms with E-state index in [2.05, 4.69) is 10.0 Å². The summed E-state index contributed by atoms with van der Waals surface area (Å²) in [7, 11) is -2.15. The normalized spacial score (nSPS) is 11.1. The topological polar surface area (TPSA) is 84.5 Å². The van der Waals surface area contributed by atoms with E-state index in [1.165, 1.54) is 30.3 Å². The SMILES string of the molecule is COc1ccccc1CCCNC(=O)c1cc(NS(=O)(=O)c2ccc(C)cc2)ccc1Cl. The summed E-state index contributed by atoms with van der Waals surface area (Å²) in [6, 6.07) is 18.7. The van der Waals surface area contributed by atoms with Gasteiger partial charge in [-0.3, -0.25) is 9.52 Å². The Bertz CT molecular complexity index is 1190. The van der Waals surface area contributed by atoms with Gasteiger partial charge in [-0.2, -0.15) is 0 Å². The maximum absolute atomic E-state index is 12.6. The standard InChI is InChI=1S/C24H25ClN2O4S/c1-17-9-12-20(13-10-17)32(29,30)27-19-11-14-22(25)21(16-19)24(28)26-15-5-7-18-6-3-4-8-23(18)31-2/h3-4,6,8-14,16,27H,5,7,15H2,1-2H3,(H,26,28). The van der Waals surface area contributed by atoms with E-state index in [4.69, 9.17) is 16.3 Å². The van der Waals surface area contributed by atoms with E-state index in [9.17, 15) is 13.2 Å². The molecule has 3 rings (SSSR count). The molecule has 0 fully saturated rings. The first-order valence-corrected chi connectivity index (χ1v) is 12.0. The Balaban J connectivity index is 1.63. The summed E-state index contributed by atoms with van der Waals surface area (Å²) in [4.78, 5) is 12.8. The van der Waals surface area contributed by atoms with Crippen LogP contribution < -0.4 is 14.8 Å². The number of anilines is 1. The first-order chi connectivity index (χ1) is 15.3. The van der Waals surface area contributed by atoms with Crippen LogP contribution in [-0.4, -0.2) is 28.0 Å². The van der Waals surface area contributed by atoms with E-state index in [0.717, 1.165) is 23.3 Å². The minimum Gasteiger partial charge on any atom is -0.496 e. The van der Waals surface area contributed by atoms with E-state index in [1.807, 2.05) is 31.2 Å². The van der Waals surface area contributed by atoms with Crippen molar-refractivity contribution in [3.05, 3.63) is 88.4 Å². The Morgan fingerprint density at radius 3 is 2.47 bits per heavy atom. The summed E-state index contributed by atoms with van der Waals surface area (Å²) < 4.78 is 33.1. The summed E-state index contributed by atoms with van der Waals surface area (Å²) in [5.41, 5.74) is 2.48. The molecule has 8 heteroatoms. The predicted molar refractivity (Wildman–Crippen MR) is 127 cm³/mol. The van der Waals surface area contributed by atoms with Gasteiger partial charge in [0.15, 0.2) is 0 Å². The number of ether oxygens (including phenoxy) is 1. The molecule has 0 spiro atoms. The van der Waals surface area contributed by atoms with Crippen LogP contribution in [0.1, 0.15) is 27.9 Å². The molecule has 0 saturated heterocycles. The summed E-state index contributed by atoms with van der Waals surface area (Å²) in [5, 5.41) is 3.08. The largest absolute Gasteiger partial charge is 0.496 e. The highest BCUT2D eigenvalue weighted by Gasteiger charge is 2.17. The lowest BCUT2D eigenvalue weighted by Gasteiger charge is -2.12. The fourth-order valence-electron chi connectivity index (χ4n) is 3.18. The first kappa shape index (κ1) is 23.6. The number of halogens is 1. The van der Waals surface area contributed by atoms with Gasteiger partial charge in [-0.15, -0.1) is 0 Å². The highest BCUT2D eigenvalue weighted by molar-refractivity contribution is 7.92. The minimum atomic E-state index is -3.78. The molecule has 3 aromatic rings. The zero-order valence-corrected chi connectivity index (χ0v) is 19.5. The van der Waals surface area contributed by atoms with Gasteiger partial charge < -0.3 is 10.1 Å². The lowest BCUT2D eigenvalue weighted by atomic mass is 10.1. The summed E-state index contributed by atoms with van der Waals surface area (Å²) in [6.07, 6.45) is 1.46. The molecule has 0 unspecified atom stereocenters. The molecule has 0 heterocycles. The van der Waals surface area contributed by atoms with Gasteiger partial charge in [-0.05, 0) is 61.7 Å². The fraction of sp³-hybridized carbons (Fsp3) is 0.208. The summed E-state index contributed by atoms with van der Waals surface area (Å²) in [6.45, 7) is 2.32. The molecule has 0 aromatic heterocycles. The number of hydrogen-bond acceptors (Lipinski definition) is 4. The molecular formula is C24H25ClN2O4S. The Hall–Kier alpha value is -3.03. The third-order valence-electron chi connectivity index (χ3n) is 4.90. The Labute approximate surface area is 193 Å². The minimum absolute atomic E-state index is 0.139. The number of sulfonamides is 1. The van der Waals surface area contributed by atoms with E-state index in [0.29, 0.717) is 13.0 Å². The van der Waals surface area contributed by atoms with Crippen molar-refractivity contribution in [2.75, 3.05) is 18.4 Å². The number of nitrogens with one attached hydrogen (secondary N) is 2. The van der Waals surface area contributed by atoms with Crippen molar-refractivity contribution in [1.82, 2.24) is 5.32 Å². The molecule has 32 heavy (non-hydrogen) atoms.